The number of hydrogen-bond acceptors (Lipinski definition) is 6. The normalized spacial score (nSPS) is 11.8. The first kappa shape index (κ1) is 30.5. The fourth-order valence-corrected chi connectivity index (χ4v) is 5.57. The van der Waals surface area contributed by atoms with Crippen LogP contribution in [0.5, 0.6) is 11.5 Å². The van der Waals surface area contributed by atoms with Gasteiger partial charge in [0.15, 0.2) is 0 Å². The molecule has 0 radical (unpaired) electrons. The van der Waals surface area contributed by atoms with Gasteiger partial charge in [-0.15, -0.1) is 0 Å². The van der Waals surface area contributed by atoms with Crippen LogP contribution in [0.4, 0.5) is 5.69 Å². The zero-order chi connectivity index (χ0) is 29.3. The molecule has 0 aliphatic rings. The van der Waals surface area contributed by atoms with E-state index in [4.69, 9.17) is 9.47 Å². The number of rotatable bonds is 13. The van der Waals surface area contributed by atoms with E-state index in [9.17, 15) is 18.0 Å². The third-order valence-corrected chi connectivity index (χ3v) is 8.22. The average Bonchev–Trinajstić information content (AvgIpc) is 2.97. The highest BCUT2D eigenvalue weighted by Gasteiger charge is 2.33. The zero-order valence-electron chi connectivity index (χ0n) is 23.6. The van der Waals surface area contributed by atoms with Crippen molar-refractivity contribution in [1.82, 2.24) is 10.2 Å². The molecule has 0 aromatic heterocycles. The van der Waals surface area contributed by atoms with Crippen molar-refractivity contribution < 1.29 is 27.5 Å². The summed E-state index contributed by atoms with van der Waals surface area (Å²) in [6, 6.07) is 19.3. The standard InChI is InChI=1S/C30H37N3O6S/c1-6-18-31-30(35)23(3)32(20-24-13-15-25(38-4)16-14-24)29(34)21-33(27-19-22(2)12-17-28(27)39-5)40(36,37)26-10-8-7-9-11-26/h7-17,19,23H,6,18,20-21H2,1-5H3,(H,31,35). The van der Waals surface area contributed by atoms with Crippen LogP contribution in [0.15, 0.2) is 77.7 Å². The molecule has 0 saturated carbocycles. The molecule has 0 bridgehead atoms. The van der Waals surface area contributed by atoms with E-state index in [-0.39, 0.29) is 23.0 Å². The SMILES string of the molecule is CCCNC(=O)C(C)N(Cc1ccc(OC)cc1)C(=O)CN(c1cc(C)ccc1OC)S(=O)(=O)c1ccccc1. The van der Waals surface area contributed by atoms with Crippen LogP contribution in [0.25, 0.3) is 0 Å². The van der Waals surface area contributed by atoms with Gasteiger partial charge in [-0.2, -0.15) is 0 Å². The molecule has 40 heavy (non-hydrogen) atoms. The van der Waals surface area contributed by atoms with Crippen LogP contribution in [0.2, 0.25) is 0 Å². The smallest absolute Gasteiger partial charge is 0.264 e. The first-order valence-electron chi connectivity index (χ1n) is 13.0. The highest BCUT2D eigenvalue weighted by atomic mass is 32.2. The Bertz CT molecular complexity index is 1390. The number of methoxy groups -OCH3 is 2. The summed E-state index contributed by atoms with van der Waals surface area (Å²) in [6.07, 6.45) is 0.737. The van der Waals surface area contributed by atoms with Gasteiger partial charge >= 0.3 is 0 Å². The Labute approximate surface area is 236 Å². The lowest BCUT2D eigenvalue weighted by Gasteiger charge is -2.32. The van der Waals surface area contributed by atoms with Crippen LogP contribution >= 0.6 is 0 Å². The molecular weight excluding hydrogens is 530 g/mol. The molecule has 0 fully saturated rings. The Morgan fingerprint density at radius 2 is 1.62 bits per heavy atom. The topological polar surface area (TPSA) is 105 Å². The molecule has 3 aromatic rings. The monoisotopic (exact) mass is 567 g/mol. The molecule has 10 heteroatoms. The van der Waals surface area contributed by atoms with Gasteiger partial charge in [0, 0.05) is 13.1 Å². The van der Waals surface area contributed by atoms with E-state index in [1.54, 1.807) is 74.7 Å². The number of nitrogens with one attached hydrogen (secondary N) is 1. The van der Waals surface area contributed by atoms with Crippen molar-refractivity contribution in [2.45, 2.75) is 44.7 Å². The number of aryl methyl sites for hydroxylation is 1. The van der Waals surface area contributed by atoms with E-state index in [0.29, 0.717) is 18.0 Å². The van der Waals surface area contributed by atoms with Crippen LogP contribution in [0, 0.1) is 6.92 Å². The summed E-state index contributed by atoms with van der Waals surface area (Å²) >= 11 is 0. The van der Waals surface area contributed by atoms with Gasteiger partial charge < -0.3 is 19.7 Å². The van der Waals surface area contributed by atoms with E-state index >= 15 is 0 Å². The number of nitrogens with zero attached hydrogens (tertiary/aromatic N) is 2. The molecule has 1 atom stereocenters. The second kappa shape index (κ2) is 13.8. The highest BCUT2D eigenvalue weighted by molar-refractivity contribution is 7.92. The fraction of sp³-hybridized carbons (Fsp3) is 0.333. The molecule has 9 nitrogen and oxygen atoms in total. The third kappa shape index (κ3) is 7.32. The average molecular weight is 568 g/mol. The lowest BCUT2D eigenvalue weighted by atomic mass is 10.1. The molecule has 0 saturated heterocycles. The van der Waals surface area contributed by atoms with Gasteiger partial charge in [0.05, 0.1) is 24.8 Å². The van der Waals surface area contributed by atoms with Gasteiger partial charge in [-0.3, -0.25) is 13.9 Å². The van der Waals surface area contributed by atoms with Gasteiger partial charge in [0.25, 0.3) is 10.0 Å². The minimum atomic E-state index is -4.19. The quantitative estimate of drug-likeness (QED) is 0.333. The molecule has 2 amide bonds. The summed E-state index contributed by atoms with van der Waals surface area (Å²) < 4.78 is 39.7. The summed E-state index contributed by atoms with van der Waals surface area (Å²) in [5.74, 6) is 0.0859. The second-order valence-electron chi connectivity index (χ2n) is 9.34. The molecule has 0 heterocycles. The predicted molar refractivity (Wildman–Crippen MR) is 155 cm³/mol. The van der Waals surface area contributed by atoms with Crippen LogP contribution in [-0.4, -0.2) is 58.5 Å². The number of carbonyl (C=O) groups excluding carboxylic acids is 2. The number of anilines is 1. The van der Waals surface area contributed by atoms with E-state index in [2.05, 4.69) is 5.32 Å². The van der Waals surface area contributed by atoms with E-state index < -0.39 is 28.5 Å². The van der Waals surface area contributed by atoms with Crippen molar-refractivity contribution in [2.75, 3.05) is 31.6 Å². The lowest BCUT2D eigenvalue weighted by Crippen LogP contribution is -2.51. The number of carbonyl (C=O) groups is 2. The summed E-state index contributed by atoms with van der Waals surface area (Å²) in [6.45, 7) is 5.41. The highest BCUT2D eigenvalue weighted by Crippen LogP contribution is 2.33. The number of amides is 2. The Morgan fingerprint density at radius 1 is 0.950 bits per heavy atom. The number of benzene rings is 3. The first-order chi connectivity index (χ1) is 19.1. The van der Waals surface area contributed by atoms with Gasteiger partial charge in [-0.05, 0) is 67.8 Å². The molecular formula is C30H37N3O6S. The van der Waals surface area contributed by atoms with Crippen LogP contribution in [0.3, 0.4) is 0 Å². The minimum absolute atomic E-state index is 0.0294. The second-order valence-corrected chi connectivity index (χ2v) is 11.2. The lowest BCUT2D eigenvalue weighted by molar-refractivity contribution is -0.139. The summed E-state index contributed by atoms with van der Waals surface area (Å²) in [5.41, 5.74) is 1.78. The minimum Gasteiger partial charge on any atom is -0.497 e. The first-order valence-corrected chi connectivity index (χ1v) is 14.5. The van der Waals surface area contributed by atoms with Crippen molar-refractivity contribution in [3.8, 4) is 11.5 Å². The molecule has 0 aliphatic heterocycles. The van der Waals surface area contributed by atoms with Gasteiger partial charge in [0.1, 0.15) is 24.1 Å². The Kier molecular flexibility index (Phi) is 10.6. The molecule has 3 rings (SSSR count). The van der Waals surface area contributed by atoms with Gasteiger partial charge in [-0.25, -0.2) is 8.42 Å². The molecule has 0 spiro atoms. The molecule has 3 aromatic carbocycles. The Hall–Kier alpha value is -4.05. The largest absolute Gasteiger partial charge is 0.497 e. The third-order valence-electron chi connectivity index (χ3n) is 6.44. The predicted octanol–water partition coefficient (Wildman–Crippen LogP) is 4.15. The molecule has 214 valence electrons. The van der Waals surface area contributed by atoms with Crippen LogP contribution in [-0.2, 0) is 26.2 Å². The number of sulfonamides is 1. The summed E-state index contributed by atoms with van der Waals surface area (Å²) in [5, 5.41) is 2.83. The maximum Gasteiger partial charge on any atom is 0.264 e. The number of hydrogen-bond donors (Lipinski definition) is 1. The molecule has 0 aliphatic carbocycles. The van der Waals surface area contributed by atoms with E-state index in [0.717, 1.165) is 21.9 Å². The van der Waals surface area contributed by atoms with Crippen molar-refractivity contribution in [2.24, 2.45) is 0 Å². The van der Waals surface area contributed by atoms with Gasteiger partial charge in [-0.1, -0.05) is 43.3 Å². The Morgan fingerprint density at radius 3 is 2.23 bits per heavy atom. The van der Waals surface area contributed by atoms with Crippen molar-refractivity contribution in [1.29, 1.82) is 0 Å². The van der Waals surface area contributed by atoms with Crippen LogP contribution < -0.4 is 19.1 Å². The van der Waals surface area contributed by atoms with E-state index in [1.807, 2.05) is 13.8 Å². The maximum absolute atomic E-state index is 14.0. The van der Waals surface area contributed by atoms with Gasteiger partial charge in [0.2, 0.25) is 11.8 Å². The maximum atomic E-state index is 14.0. The van der Waals surface area contributed by atoms with Crippen molar-refractivity contribution in [3.05, 3.63) is 83.9 Å². The van der Waals surface area contributed by atoms with E-state index in [1.165, 1.54) is 24.1 Å². The molecule has 1 unspecified atom stereocenters. The van der Waals surface area contributed by atoms with Crippen molar-refractivity contribution >= 4 is 27.5 Å². The molecule has 1 N–H and O–H groups in total. The summed E-state index contributed by atoms with van der Waals surface area (Å²) in [4.78, 5) is 28.4. The summed E-state index contributed by atoms with van der Waals surface area (Å²) in [7, 11) is -1.18. The van der Waals surface area contributed by atoms with Crippen LogP contribution in [0.1, 0.15) is 31.4 Å². The fourth-order valence-electron chi connectivity index (χ4n) is 4.13. The van der Waals surface area contributed by atoms with Crippen molar-refractivity contribution in [3.63, 3.8) is 0 Å². The Balaban J connectivity index is 2.06. The zero-order valence-corrected chi connectivity index (χ0v) is 24.4. The number of ether oxygens (including phenoxy) is 2.